The third kappa shape index (κ3) is 2.73. The van der Waals surface area contributed by atoms with E-state index in [2.05, 4.69) is 43.4 Å². The van der Waals surface area contributed by atoms with Gasteiger partial charge in [-0.2, -0.15) is 0 Å². The molecule has 0 unspecified atom stereocenters. The monoisotopic (exact) mass is 284 g/mol. The molecular formula is C9H9BrN4S. The summed E-state index contributed by atoms with van der Waals surface area (Å²) in [5.74, 6) is 0. The number of aromatic nitrogens is 3. The van der Waals surface area contributed by atoms with Crippen LogP contribution in [0.2, 0.25) is 0 Å². The number of nitrogens with one attached hydrogen (secondary N) is 1. The van der Waals surface area contributed by atoms with Crippen molar-refractivity contribution in [2.45, 2.75) is 13.5 Å². The molecule has 15 heavy (non-hydrogen) atoms. The summed E-state index contributed by atoms with van der Waals surface area (Å²) in [4.78, 5) is 4.08. The van der Waals surface area contributed by atoms with Crippen molar-refractivity contribution < 1.29 is 0 Å². The Balaban J connectivity index is 2.02. The van der Waals surface area contributed by atoms with E-state index >= 15 is 0 Å². The third-order valence-electron chi connectivity index (χ3n) is 1.98. The predicted molar refractivity (Wildman–Crippen MR) is 63.9 cm³/mol. The first-order valence-corrected chi connectivity index (χ1v) is 5.99. The van der Waals surface area contributed by atoms with Crippen LogP contribution in [0.3, 0.4) is 0 Å². The Bertz CT molecular complexity index is 457. The second-order valence-electron chi connectivity index (χ2n) is 3.02. The largest absolute Gasteiger partial charge is 0.356 e. The maximum absolute atomic E-state index is 4.08. The number of nitrogens with zero attached hydrogens (tertiary/aromatic N) is 3. The predicted octanol–water partition coefficient (Wildman–Crippen LogP) is 2.62. The first-order valence-electron chi connectivity index (χ1n) is 4.38. The zero-order valence-electron chi connectivity index (χ0n) is 8.07. The SMILES string of the molecule is Cc1ccncc1CNc1nnc(Br)s1. The van der Waals surface area contributed by atoms with Crippen molar-refractivity contribution in [1.82, 2.24) is 15.2 Å². The Hall–Kier alpha value is -1.01. The molecule has 0 bridgehead atoms. The lowest BCUT2D eigenvalue weighted by molar-refractivity contribution is 1.02. The van der Waals surface area contributed by atoms with Crippen LogP contribution in [0.1, 0.15) is 11.1 Å². The molecule has 0 amide bonds. The summed E-state index contributed by atoms with van der Waals surface area (Å²) in [6, 6.07) is 1.99. The van der Waals surface area contributed by atoms with Crippen LogP contribution in [0.4, 0.5) is 5.13 Å². The molecule has 2 heterocycles. The summed E-state index contributed by atoms with van der Waals surface area (Å²) in [7, 11) is 0. The van der Waals surface area contributed by atoms with Gasteiger partial charge in [0.25, 0.3) is 0 Å². The van der Waals surface area contributed by atoms with Crippen LogP contribution in [-0.2, 0) is 6.54 Å². The summed E-state index contributed by atoms with van der Waals surface area (Å²) in [6.45, 7) is 2.79. The summed E-state index contributed by atoms with van der Waals surface area (Å²) in [5.41, 5.74) is 2.39. The van der Waals surface area contributed by atoms with Crippen LogP contribution < -0.4 is 5.32 Å². The Morgan fingerprint density at radius 2 is 2.33 bits per heavy atom. The van der Waals surface area contributed by atoms with E-state index in [0.717, 1.165) is 15.6 Å². The normalized spacial score (nSPS) is 10.3. The van der Waals surface area contributed by atoms with E-state index in [9.17, 15) is 0 Å². The van der Waals surface area contributed by atoms with Crippen molar-refractivity contribution in [3.8, 4) is 0 Å². The molecule has 0 aromatic carbocycles. The molecule has 0 spiro atoms. The molecule has 0 atom stereocenters. The van der Waals surface area contributed by atoms with Gasteiger partial charge in [-0.15, -0.1) is 10.2 Å². The Morgan fingerprint density at radius 3 is 3.00 bits per heavy atom. The number of pyridine rings is 1. The molecule has 1 N–H and O–H groups in total. The van der Waals surface area contributed by atoms with E-state index in [4.69, 9.17) is 0 Å². The summed E-state index contributed by atoms with van der Waals surface area (Å²) >= 11 is 4.74. The minimum atomic E-state index is 0.724. The van der Waals surface area contributed by atoms with Gasteiger partial charge >= 0.3 is 0 Å². The maximum Gasteiger partial charge on any atom is 0.206 e. The van der Waals surface area contributed by atoms with E-state index in [1.54, 1.807) is 6.20 Å². The Labute approximate surface area is 99.9 Å². The van der Waals surface area contributed by atoms with Crippen LogP contribution >= 0.6 is 27.3 Å². The molecule has 0 saturated heterocycles. The van der Waals surface area contributed by atoms with Gasteiger partial charge < -0.3 is 5.32 Å². The molecule has 0 radical (unpaired) electrons. The highest BCUT2D eigenvalue weighted by molar-refractivity contribution is 9.11. The van der Waals surface area contributed by atoms with Crippen molar-refractivity contribution in [2.24, 2.45) is 0 Å². The van der Waals surface area contributed by atoms with Crippen molar-refractivity contribution in [3.05, 3.63) is 33.5 Å². The quantitative estimate of drug-likeness (QED) is 0.941. The van der Waals surface area contributed by atoms with E-state index in [1.165, 1.54) is 22.5 Å². The topological polar surface area (TPSA) is 50.7 Å². The van der Waals surface area contributed by atoms with Crippen molar-refractivity contribution in [3.63, 3.8) is 0 Å². The van der Waals surface area contributed by atoms with Crippen LogP contribution in [0.5, 0.6) is 0 Å². The van der Waals surface area contributed by atoms with Gasteiger partial charge in [0.05, 0.1) is 0 Å². The zero-order chi connectivity index (χ0) is 10.7. The van der Waals surface area contributed by atoms with Crippen molar-refractivity contribution >= 4 is 32.4 Å². The molecule has 0 aliphatic heterocycles. The van der Waals surface area contributed by atoms with Gasteiger partial charge in [0, 0.05) is 18.9 Å². The van der Waals surface area contributed by atoms with Crippen LogP contribution in [0.25, 0.3) is 0 Å². The highest BCUT2D eigenvalue weighted by Gasteiger charge is 2.02. The molecule has 4 nitrogen and oxygen atoms in total. The van der Waals surface area contributed by atoms with Gasteiger partial charge in [0.15, 0.2) is 3.92 Å². The Kier molecular flexibility index (Phi) is 3.27. The average molecular weight is 285 g/mol. The lowest BCUT2D eigenvalue weighted by Crippen LogP contribution is -2.01. The van der Waals surface area contributed by atoms with Gasteiger partial charge in [-0.05, 0) is 40.0 Å². The van der Waals surface area contributed by atoms with Crippen molar-refractivity contribution in [1.29, 1.82) is 0 Å². The fraction of sp³-hybridized carbons (Fsp3) is 0.222. The zero-order valence-corrected chi connectivity index (χ0v) is 10.5. The molecule has 0 aliphatic rings. The molecule has 0 saturated carbocycles. The third-order valence-corrected chi connectivity index (χ3v) is 3.29. The molecule has 6 heteroatoms. The number of anilines is 1. The molecule has 2 aromatic rings. The molecular weight excluding hydrogens is 276 g/mol. The van der Waals surface area contributed by atoms with Crippen LogP contribution in [0.15, 0.2) is 22.4 Å². The molecule has 2 aromatic heterocycles. The van der Waals surface area contributed by atoms with Crippen LogP contribution in [0, 0.1) is 6.92 Å². The van der Waals surface area contributed by atoms with Gasteiger partial charge in [-0.1, -0.05) is 11.3 Å². The fourth-order valence-corrected chi connectivity index (χ4v) is 2.14. The average Bonchev–Trinajstić information content (AvgIpc) is 2.63. The van der Waals surface area contributed by atoms with Gasteiger partial charge in [-0.3, -0.25) is 4.98 Å². The molecule has 78 valence electrons. The summed E-state index contributed by atoms with van der Waals surface area (Å²) < 4.78 is 0.785. The Morgan fingerprint density at radius 1 is 1.47 bits per heavy atom. The van der Waals surface area contributed by atoms with E-state index < -0.39 is 0 Å². The van der Waals surface area contributed by atoms with Gasteiger partial charge in [0.2, 0.25) is 5.13 Å². The number of halogens is 1. The standard InChI is InChI=1S/C9H9BrN4S/c1-6-2-3-11-4-7(6)5-12-9-14-13-8(10)15-9/h2-4H,5H2,1H3,(H,12,14). The first-order chi connectivity index (χ1) is 7.25. The minimum absolute atomic E-state index is 0.724. The summed E-state index contributed by atoms with van der Waals surface area (Å²) in [6.07, 6.45) is 3.65. The second kappa shape index (κ2) is 4.67. The molecule has 2 rings (SSSR count). The summed E-state index contributed by atoms with van der Waals surface area (Å²) in [5, 5.41) is 11.8. The van der Waals surface area contributed by atoms with Gasteiger partial charge in [0.1, 0.15) is 0 Å². The molecule has 0 fully saturated rings. The number of hydrogen-bond donors (Lipinski definition) is 1. The number of hydrogen-bond acceptors (Lipinski definition) is 5. The van der Waals surface area contributed by atoms with Crippen molar-refractivity contribution in [2.75, 3.05) is 5.32 Å². The number of rotatable bonds is 3. The van der Waals surface area contributed by atoms with Crippen LogP contribution in [-0.4, -0.2) is 15.2 Å². The first kappa shape index (κ1) is 10.5. The lowest BCUT2D eigenvalue weighted by atomic mass is 10.2. The maximum atomic E-state index is 4.08. The highest BCUT2D eigenvalue weighted by atomic mass is 79.9. The molecule has 0 aliphatic carbocycles. The minimum Gasteiger partial charge on any atom is -0.356 e. The highest BCUT2D eigenvalue weighted by Crippen LogP contribution is 2.20. The van der Waals surface area contributed by atoms with E-state index in [1.807, 2.05) is 12.3 Å². The number of aryl methyl sites for hydroxylation is 1. The smallest absolute Gasteiger partial charge is 0.206 e. The van der Waals surface area contributed by atoms with E-state index in [-0.39, 0.29) is 0 Å². The lowest BCUT2D eigenvalue weighted by Gasteiger charge is -2.04. The fourth-order valence-electron chi connectivity index (χ4n) is 1.13. The second-order valence-corrected chi connectivity index (χ2v) is 5.27. The van der Waals surface area contributed by atoms with E-state index in [0.29, 0.717) is 0 Å². The van der Waals surface area contributed by atoms with Gasteiger partial charge in [-0.25, -0.2) is 0 Å².